The molecule has 1 saturated carbocycles. The van der Waals surface area contributed by atoms with Gasteiger partial charge in [0, 0.05) is 18.3 Å². The van der Waals surface area contributed by atoms with E-state index in [1.165, 1.54) is 12.3 Å². The number of hydrogen-bond acceptors (Lipinski definition) is 5. The third-order valence-electron chi connectivity index (χ3n) is 5.51. The standard InChI is InChI=1S/C17H22F3N5O/c1-8(11-5-6-12(21-7-11)17(18,19)20)25-15-13(14(24-25)10-3-4-10)16(26)23-9(2)22-15/h5-10,13-15,22,24H,3-4H2,1-2H3,(H,23,26). The molecule has 26 heavy (non-hydrogen) atoms. The van der Waals surface area contributed by atoms with Crippen molar-refractivity contribution in [2.75, 3.05) is 0 Å². The van der Waals surface area contributed by atoms with Gasteiger partial charge in [0.2, 0.25) is 5.91 Å². The summed E-state index contributed by atoms with van der Waals surface area (Å²) in [5.74, 6) is 0.265. The number of rotatable bonds is 3. The maximum atomic E-state index is 12.7. The van der Waals surface area contributed by atoms with E-state index in [9.17, 15) is 18.0 Å². The first-order valence-corrected chi connectivity index (χ1v) is 8.90. The lowest BCUT2D eigenvalue weighted by Gasteiger charge is -2.38. The number of nitrogens with zero attached hydrogens (tertiary/aromatic N) is 2. The fourth-order valence-corrected chi connectivity index (χ4v) is 3.99. The highest BCUT2D eigenvalue weighted by Gasteiger charge is 2.54. The Bertz CT molecular complexity index is 691. The first-order chi connectivity index (χ1) is 12.3. The van der Waals surface area contributed by atoms with Crippen molar-refractivity contribution in [2.24, 2.45) is 11.8 Å². The van der Waals surface area contributed by atoms with Crippen LogP contribution in [-0.4, -0.2) is 34.3 Å². The molecular weight excluding hydrogens is 347 g/mol. The third kappa shape index (κ3) is 3.08. The molecule has 1 amide bonds. The molecule has 0 radical (unpaired) electrons. The van der Waals surface area contributed by atoms with Crippen LogP contribution in [0.3, 0.4) is 0 Å². The molecule has 3 N–H and O–H groups in total. The van der Waals surface area contributed by atoms with E-state index in [1.807, 2.05) is 18.9 Å². The third-order valence-corrected chi connectivity index (χ3v) is 5.51. The Kier molecular flexibility index (Phi) is 4.20. The van der Waals surface area contributed by atoms with E-state index in [1.54, 1.807) is 0 Å². The van der Waals surface area contributed by atoms with Gasteiger partial charge in [0.1, 0.15) is 5.69 Å². The minimum Gasteiger partial charge on any atom is -0.341 e. The summed E-state index contributed by atoms with van der Waals surface area (Å²) in [7, 11) is 0. The Morgan fingerprint density at radius 1 is 1.31 bits per heavy atom. The first-order valence-electron chi connectivity index (χ1n) is 8.90. The number of amides is 1. The minimum atomic E-state index is -4.45. The summed E-state index contributed by atoms with van der Waals surface area (Å²) in [5, 5.41) is 8.29. The number of hydrazine groups is 1. The zero-order chi connectivity index (χ0) is 18.6. The number of aromatic nitrogens is 1. The molecule has 142 valence electrons. The van der Waals surface area contributed by atoms with Crippen LogP contribution in [-0.2, 0) is 11.0 Å². The van der Waals surface area contributed by atoms with Crippen LogP contribution in [0.2, 0.25) is 0 Å². The lowest BCUT2D eigenvalue weighted by Crippen LogP contribution is -2.63. The molecule has 5 atom stereocenters. The zero-order valence-electron chi connectivity index (χ0n) is 14.5. The van der Waals surface area contributed by atoms with Crippen molar-refractivity contribution < 1.29 is 18.0 Å². The number of carbonyl (C=O) groups excluding carboxylic acids is 1. The van der Waals surface area contributed by atoms with Crippen LogP contribution in [0.5, 0.6) is 0 Å². The minimum absolute atomic E-state index is 0.0193. The summed E-state index contributed by atoms with van der Waals surface area (Å²) in [5.41, 5.74) is 3.21. The molecule has 4 rings (SSSR count). The second-order valence-corrected chi connectivity index (χ2v) is 7.42. The summed E-state index contributed by atoms with van der Waals surface area (Å²) >= 11 is 0. The topological polar surface area (TPSA) is 69.3 Å². The monoisotopic (exact) mass is 369 g/mol. The fourth-order valence-electron chi connectivity index (χ4n) is 3.99. The highest BCUT2D eigenvalue weighted by Crippen LogP contribution is 2.42. The summed E-state index contributed by atoms with van der Waals surface area (Å²) in [6.45, 7) is 3.78. The molecule has 0 aromatic carbocycles. The number of alkyl halides is 3. The van der Waals surface area contributed by atoms with Crippen LogP contribution in [0.1, 0.15) is 44.0 Å². The molecule has 0 bridgehead atoms. The van der Waals surface area contributed by atoms with Gasteiger partial charge in [-0.25, -0.2) is 10.4 Å². The SMILES string of the molecule is CC1NC(=O)C2C(C3CC3)NN(C(C)c3ccc(C(F)(F)F)nc3)C2N1. The number of nitrogens with one attached hydrogen (secondary N) is 3. The van der Waals surface area contributed by atoms with Crippen LogP contribution < -0.4 is 16.1 Å². The average molecular weight is 369 g/mol. The Hall–Kier alpha value is -1.71. The maximum Gasteiger partial charge on any atom is 0.433 e. The smallest absolute Gasteiger partial charge is 0.341 e. The van der Waals surface area contributed by atoms with E-state index in [0.717, 1.165) is 18.9 Å². The van der Waals surface area contributed by atoms with Gasteiger partial charge in [-0.05, 0) is 44.2 Å². The molecule has 3 aliphatic rings. The summed E-state index contributed by atoms with van der Waals surface area (Å²) in [4.78, 5) is 16.1. The lowest BCUT2D eigenvalue weighted by molar-refractivity contribution is -0.141. The predicted octanol–water partition coefficient (Wildman–Crippen LogP) is 1.77. The van der Waals surface area contributed by atoms with Crippen molar-refractivity contribution in [2.45, 2.75) is 57.3 Å². The van der Waals surface area contributed by atoms with Gasteiger partial charge in [-0.3, -0.25) is 15.1 Å². The Morgan fingerprint density at radius 3 is 2.62 bits per heavy atom. The van der Waals surface area contributed by atoms with Crippen LogP contribution in [0.15, 0.2) is 18.3 Å². The Balaban J connectivity index is 1.58. The summed E-state index contributed by atoms with van der Waals surface area (Å²) in [6.07, 6.45) is -1.37. The van der Waals surface area contributed by atoms with Gasteiger partial charge < -0.3 is 5.32 Å². The first kappa shape index (κ1) is 17.7. The van der Waals surface area contributed by atoms with Crippen molar-refractivity contribution in [3.63, 3.8) is 0 Å². The second-order valence-electron chi connectivity index (χ2n) is 7.42. The number of carbonyl (C=O) groups is 1. The van der Waals surface area contributed by atoms with Crippen molar-refractivity contribution in [3.05, 3.63) is 29.6 Å². The normalized spacial score (nSPS) is 33.7. The van der Waals surface area contributed by atoms with Gasteiger partial charge in [0.15, 0.2) is 0 Å². The van der Waals surface area contributed by atoms with E-state index in [4.69, 9.17) is 0 Å². The molecule has 2 saturated heterocycles. The number of fused-ring (bicyclic) bond motifs is 1. The van der Waals surface area contributed by atoms with Gasteiger partial charge in [0.25, 0.3) is 0 Å². The Labute approximate surface area is 149 Å². The van der Waals surface area contributed by atoms with Crippen LogP contribution in [0.25, 0.3) is 0 Å². The molecule has 9 heteroatoms. The molecule has 0 spiro atoms. The van der Waals surface area contributed by atoms with Gasteiger partial charge in [0.05, 0.1) is 18.2 Å². The summed E-state index contributed by atoms with van der Waals surface area (Å²) < 4.78 is 38.2. The highest BCUT2D eigenvalue weighted by molar-refractivity contribution is 5.81. The molecule has 1 aliphatic carbocycles. The van der Waals surface area contributed by atoms with Gasteiger partial charge >= 0.3 is 6.18 Å². The Morgan fingerprint density at radius 2 is 2.04 bits per heavy atom. The fraction of sp³-hybridized carbons (Fsp3) is 0.647. The second kappa shape index (κ2) is 6.17. The number of pyridine rings is 1. The molecule has 3 heterocycles. The lowest BCUT2D eigenvalue weighted by atomic mass is 9.92. The predicted molar refractivity (Wildman–Crippen MR) is 87.2 cm³/mol. The van der Waals surface area contributed by atoms with E-state index in [0.29, 0.717) is 11.5 Å². The van der Waals surface area contributed by atoms with Crippen molar-refractivity contribution in [3.8, 4) is 0 Å². The average Bonchev–Trinajstić information content (AvgIpc) is 3.34. The van der Waals surface area contributed by atoms with E-state index in [-0.39, 0.29) is 36.2 Å². The zero-order valence-corrected chi connectivity index (χ0v) is 14.5. The van der Waals surface area contributed by atoms with Crippen LogP contribution >= 0.6 is 0 Å². The molecule has 3 fully saturated rings. The van der Waals surface area contributed by atoms with Gasteiger partial charge in [-0.15, -0.1) is 0 Å². The van der Waals surface area contributed by atoms with E-state index in [2.05, 4.69) is 21.0 Å². The van der Waals surface area contributed by atoms with E-state index < -0.39 is 11.9 Å². The molecule has 6 nitrogen and oxygen atoms in total. The molecule has 1 aromatic heterocycles. The molecular formula is C17H22F3N5O. The van der Waals surface area contributed by atoms with Crippen LogP contribution in [0.4, 0.5) is 13.2 Å². The van der Waals surface area contributed by atoms with Crippen molar-refractivity contribution in [1.29, 1.82) is 0 Å². The molecule has 2 aliphatic heterocycles. The number of hydrogen-bond donors (Lipinski definition) is 3. The van der Waals surface area contributed by atoms with E-state index >= 15 is 0 Å². The maximum absolute atomic E-state index is 12.7. The highest BCUT2D eigenvalue weighted by atomic mass is 19.4. The largest absolute Gasteiger partial charge is 0.433 e. The quantitative estimate of drug-likeness (QED) is 0.758. The molecule has 5 unspecified atom stereocenters. The summed E-state index contributed by atoms with van der Waals surface area (Å²) in [6, 6.07) is 2.27. The van der Waals surface area contributed by atoms with Gasteiger partial charge in [-0.2, -0.15) is 13.2 Å². The molecule has 1 aromatic rings. The number of halogens is 3. The van der Waals surface area contributed by atoms with Crippen LogP contribution in [0, 0.1) is 11.8 Å². The van der Waals surface area contributed by atoms with Crippen molar-refractivity contribution >= 4 is 5.91 Å². The van der Waals surface area contributed by atoms with Gasteiger partial charge in [-0.1, -0.05) is 6.07 Å². The van der Waals surface area contributed by atoms with Crippen molar-refractivity contribution in [1.82, 2.24) is 26.1 Å².